The summed E-state index contributed by atoms with van der Waals surface area (Å²) in [5.41, 5.74) is 0.00655. The Bertz CT molecular complexity index is 1190. The molecule has 4 aliphatic carbocycles. The summed E-state index contributed by atoms with van der Waals surface area (Å²) in [5.74, 6) is 4.25. The van der Waals surface area contributed by atoms with E-state index in [0.29, 0.717) is 35.4 Å². The van der Waals surface area contributed by atoms with Crippen molar-refractivity contribution in [2.45, 2.75) is 115 Å². The highest BCUT2D eigenvalue weighted by atomic mass is 32.2. The number of carbonyl (C=O) groups excluding carboxylic acids is 1. The minimum Gasteiger partial charge on any atom is -0.337 e. The number of halogens is 3. The number of sulfonamides is 1. The number of amides is 2. The molecule has 41 heavy (non-hydrogen) atoms. The molecule has 2 N–H and O–H groups in total. The molecular formula is C32H47F3N2O3S. The average Bonchev–Trinajstić information content (AvgIpc) is 3.14. The van der Waals surface area contributed by atoms with Crippen LogP contribution in [0.3, 0.4) is 0 Å². The molecule has 4 aliphatic rings. The van der Waals surface area contributed by atoms with Crippen molar-refractivity contribution in [3.8, 4) is 0 Å². The third-order valence-corrected chi connectivity index (χ3v) is 13.3. The summed E-state index contributed by atoms with van der Waals surface area (Å²) in [4.78, 5) is 11.8. The smallest absolute Gasteiger partial charge is 0.337 e. The Morgan fingerprint density at radius 3 is 2.32 bits per heavy atom. The van der Waals surface area contributed by atoms with Crippen molar-refractivity contribution in [1.82, 2.24) is 10.0 Å². The van der Waals surface area contributed by atoms with Crippen LogP contribution in [0.5, 0.6) is 0 Å². The van der Waals surface area contributed by atoms with E-state index in [1.165, 1.54) is 70.6 Å². The highest BCUT2D eigenvalue weighted by molar-refractivity contribution is 7.90. The van der Waals surface area contributed by atoms with Crippen LogP contribution < -0.4 is 10.0 Å². The Kier molecular flexibility index (Phi) is 8.77. The first kappa shape index (κ1) is 30.7. The highest BCUT2D eigenvalue weighted by Gasteiger charge is 2.57. The maximum atomic E-state index is 12.8. The summed E-state index contributed by atoms with van der Waals surface area (Å²) in [7, 11) is -4.25. The lowest BCUT2D eigenvalue weighted by molar-refractivity contribution is -0.137. The normalized spacial score (nSPS) is 35.5. The van der Waals surface area contributed by atoms with Crippen LogP contribution in [0.25, 0.3) is 0 Å². The van der Waals surface area contributed by atoms with Crippen molar-refractivity contribution in [2.24, 2.45) is 40.4 Å². The van der Waals surface area contributed by atoms with Crippen molar-refractivity contribution in [1.29, 1.82) is 0 Å². The third kappa shape index (κ3) is 6.16. The van der Waals surface area contributed by atoms with E-state index in [1.54, 1.807) is 0 Å². The lowest BCUT2D eigenvalue weighted by Gasteiger charge is -2.56. The lowest BCUT2D eigenvalue weighted by Crippen LogP contribution is -2.48. The molecule has 7 atom stereocenters. The number of benzene rings is 1. The molecule has 2 unspecified atom stereocenters. The topological polar surface area (TPSA) is 75.3 Å². The summed E-state index contributed by atoms with van der Waals surface area (Å²) in [6.07, 6.45) is 13.6. The maximum absolute atomic E-state index is 12.8. The molecule has 0 saturated heterocycles. The van der Waals surface area contributed by atoms with Gasteiger partial charge in [0.05, 0.1) is 10.5 Å². The minimum atomic E-state index is -4.56. The highest BCUT2D eigenvalue weighted by Crippen LogP contribution is 2.66. The number of hydrogen-bond donors (Lipinski definition) is 2. The molecule has 4 saturated carbocycles. The molecule has 1 aromatic rings. The first-order valence-corrected chi connectivity index (χ1v) is 17.3. The Morgan fingerprint density at radius 1 is 0.878 bits per heavy atom. The van der Waals surface area contributed by atoms with Gasteiger partial charge < -0.3 is 5.32 Å². The van der Waals surface area contributed by atoms with Crippen LogP contribution in [0.4, 0.5) is 18.0 Å². The molecule has 0 aromatic heterocycles. The first-order chi connectivity index (χ1) is 19.3. The van der Waals surface area contributed by atoms with E-state index in [-0.39, 0.29) is 4.90 Å². The molecular weight excluding hydrogens is 549 g/mol. The quantitative estimate of drug-likeness (QED) is 0.311. The molecule has 0 radical (unpaired) electrons. The van der Waals surface area contributed by atoms with E-state index in [2.05, 4.69) is 19.2 Å². The van der Waals surface area contributed by atoms with Gasteiger partial charge in [-0.2, -0.15) is 13.2 Å². The summed E-state index contributed by atoms with van der Waals surface area (Å²) in [6, 6.07) is 2.22. The molecule has 5 rings (SSSR count). The van der Waals surface area contributed by atoms with Gasteiger partial charge in [0, 0.05) is 6.54 Å². The standard InChI is InChI=1S/C32H47F3N2O3S/c1-30-19-5-3-8-22(30)13-17-26-27(30)10-7-20-31(2)23(14-18-28(26)31)9-4-6-21-36-29(38)37-41(39,40)25-15-11-24(12-16-25)32(33,34)35/h11-12,15-16,22-23,26-28H,3-10,13-14,17-21H2,1-2H3,(H2,36,37,38)/t22-,23?,26+,27?,28-,30-,31+/m0/s1. The Balaban J connectivity index is 1.09. The second-order valence-corrected chi connectivity index (χ2v) is 15.6. The fourth-order valence-electron chi connectivity index (χ4n) is 9.87. The molecule has 0 aliphatic heterocycles. The monoisotopic (exact) mass is 596 g/mol. The van der Waals surface area contributed by atoms with Crippen molar-refractivity contribution in [3.63, 3.8) is 0 Å². The largest absolute Gasteiger partial charge is 0.416 e. The second-order valence-electron chi connectivity index (χ2n) is 14.0. The van der Waals surface area contributed by atoms with E-state index in [9.17, 15) is 26.4 Å². The van der Waals surface area contributed by atoms with Gasteiger partial charge >= 0.3 is 12.2 Å². The van der Waals surface area contributed by atoms with E-state index in [1.807, 2.05) is 4.72 Å². The molecule has 0 heterocycles. The van der Waals surface area contributed by atoms with Crippen molar-refractivity contribution >= 4 is 16.1 Å². The van der Waals surface area contributed by atoms with Gasteiger partial charge in [0.1, 0.15) is 0 Å². The zero-order chi connectivity index (χ0) is 29.5. The van der Waals surface area contributed by atoms with Gasteiger partial charge in [-0.05, 0) is 129 Å². The Labute approximate surface area is 243 Å². The molecule has 0 spiro atoms. The fraction of sp³-hybridized carbons (Fsp3) is 0.781. The van der Waals surface area contributed by atoms with E-state index < -0.39 is 27.8 Å². The van der Waals surface area contributed by atoms with Gasteiger partial charge in [0.15, 0.2) is 0 Å². The molecule has 2 amide bonds. The predicted octanol–water partition coefficient (Wildman–Crippen LogP) is 8.30. The lowest BCUT2D eigenvalue weighted by atomic mass is 9.49. The number of urea groups is 1. The molecule has 9 heteroatoms. The van der Waals surface area contributed by atoms with Crippen LogP contribution in [0, 0.1) is 40.4 Å². The van der Waals surface area contributed by atoms with Crippen LogP contribution in [-0.2, 0) is 16.2 Å². The third-order valence-electron chi connectivity index (χ3n) is 12.0. The number of unbranched alkanes of at least 4 members (excludes halogenated alkanes) is 1. The van der Waals surface area contributed by atoms with Gasteiger partial charge in [-0.15, -0.1) is 0 Å². The van der Waals surface area contributed by atoms with E-state index in [4.69, 9.17) is 0 Å². The number of rotatable bonds is 7. The zero-order valence-corrected chi connectivity index (χ0v) is 25.4. The van der Waals surface area contributed by atoms with Crippen LogP contribution in [0.15, 0.2) is 29.2 Å². The number of nitrogens with one attached hydrogen (secondary N) is 2. The van der Waals surface area contributed by atoms with E-state index >= 15 is 0 Å². The van der Waals surface area contributed by atoms with Gasteiger partial charge in [-0.3, -0.25) is 0 Å². The number of carbonyl (C=O) groups is 1. The van der Waals surface area contributed by atoms with Crippen molar-refractivity contribution < 1.29 is 26.4 Å². The summed E-state index contributed by atoms with van der Waals surface area (Å²) in [6.45, 7) is 5.57. The SMILES string of the molecule is C[C@]12CCCC[C@H]1CC[C@@H]1C2CCC[C@]2(C)C(CCCCNC(=O)NS(=O)(=O)c3ccc(C(F)(F)F)cc3)CC[C@@H]12. The molecule has 230 valence electrons. The fourth-order valence-corrected chi connectivity index (χ4v) is 10.8. The summed E-state index contributed by atoms with van der Waals surface area (Å²) >= 11 is 0. The van der Waals surface area contributed by atoms with Gasteiger partial charge in [0.25, 0.3) is 10.0 Å². The van der Waals surface area contributed by atoms with E-state index in [0.717, 1.165) is 55.1 Å². The molecule has 5 nitrogen and oxygen atoms in total. The van der Waals surface area contributed by atoms with Gasteiger partial charge in [-0.1, -0.05) is 39.5 Å². The maximum Gasteiger partial charge on any atom is 0.416 e. The first-order valence-electron chi connectivity index (χ1n) is 15.8. The number of fused-ring (bicyclic) bond motifs is 5. The molecule has 0 bridgehead atoms. The van der Waals surface area contributed by atoms with Gasteiger partial charge in [0.2, 0.25) is 0 Å². The van der Waals surface area contributed by atoms with Crippen molar-refractivity contribution in [3.05, 3.63) is 29.8 Å². The minimum absolute atomic E-state index is 0.353. The zero-order valence-electron chi connectivity index (χ0n) is 24.6. The Hall–Kier alpha value is -1.77. The summed E-state index contributed by atoms with van der Waals surface area (Å²) < 4.78 is 65.0. The van der Waals surface area contributed by atoms with Gasteiger partial charge in [-0.25, -0.2) is 17.9 Å². The second kappa shape index (κ2) is 11.7. The average molecular weight is 597 g/mol. The van der Waals surface area contributed by atoms with Crippen LogP contribution in [0.2, 0.25) is 0 Å². The van der Waals surface area contributed by atoms with Crippen LogP contribution in [0.1, 0.15) is 109 Å². The molecule has 1 aromatic carbocycles. The number of hydrogen-bond acceptors (Lipinski definition) is 3. The predicted molar refractivity (Wildman–Crippen MR) is 153 cm³/mol. The van der Waals surface area contributed by atoms with Crippen molar-refractivity contribution in [2.75, 3.05) is 6.54 Å². The summed E-state index contributed by atoms with van der Waals surface area (Å²) in [5, 5.41) is 2.60. The van der Waals surface area contributed by atoms with Crippen LogP contribution in [-0.4, -0.2) is 21.0 Å². The Morgan fingerprint density at radius 2 is 1.59 bits per heavy atom. The molecule has 4 fully saturated rings. The van der Waals surface area contributed by atoms with Crippen LogP contribution >= 0.6 is 0 Å². The number of alkyl halides is 3.